The van der Waals surface area contributed by atoms with Crippen molar-refractivity contribution in [3.05, 3.63) is 77.1 Å². The fourth-order valence-electron chi connectivity index (χ4n) is 4.88. The van der Waals surface area contributed by atoms with Gasteiger partial charge in [0.05, 0.1) is 17.7 Å². The maximum absolute atomic E-state index is 10.2. The third-order valence-corrected chi connectivity index (χ3v) is 8.40. The normalized spacial score (nSPS) is 18.9. The number of benzene rings is 1. The van der Waals surface area contributed by atoms with E-state index in [4.69, 9.17) is 11.0 Å². The van der Waals surface area contributed by atoms with Crippen LogP contribution in [0.25, 0.3) is 0 Å². The molecule has 1 amide bonds. The second kappa shape index (κ2) is 23.7. The fraction of sp³-hybridized carbons (Fsp3) is 0.564. The molecule has 250 valence electrons. The molecule has 0 spiro atoms. The van der Waals surface area contributed by atoms with Crippen LogP contribution in [0.4, 0.5) is 0 Å². The van der Waals surface area contributed by atoms with Crippen LogP contribution in [0.3, 0.4) is 0 Å². The number of hydrogen-bond donors (Lipinski definition) is 3. The molecule has 1 unspecified atom stereocenters. The van der Waals surface area contributed by atoms with Crippen LogP contribution in [0.2, 0.25) is 0 Å². The molecule has 45 heavy (non-hydrogen) atoms. The third kappa shape index (κ3) is 17.5. The van der Waals surface area contributed by atoms with Gasteiger partial charge in [0.25, 0.3) is 0 Å². The lowest BCUT2D eigenvalue weighted by Gasteiger charge is -2.35. The summed E-state index contributed by atoms with van der Waals surface area (Å²) in [6, 6.07) is 7.30. The summed E-state index contributed by atoms with van der Waals surface area (Å²) < 4.78 is 0. The number of phenols is 1. The molecular formula is C39H62N4O2. The zero-order valence-electron chi connectivity index (χ0n) is 29.5. The van der Waals surface area contributed by atoms with Gasteiger partial charge in [-0.15, -0.1) is 6.58 Å². The van der Waals surface area contributed by atoms with Gasteiger partial charge in [-0.3, -0.25) is 9.79 Å². The molecule has 0 saturated heterocycles. The summed E-state index contributed by atoms with van der Waals surface area (Å²) >= 11 is 0. The van der Waals surface area contributed by atoms with Gasteiger partial charge in [-0.2, -0.15) is 5.26 Å². The zero-order valence-corrected chi connectivity index (χ0v) is 29.5. The van der Waals surface area contributed by atoms with Gasteiger partial charge in [0.15, 0.2) is 0 Å². The Kier molecular flexibility index (Phi) is 21.9. The number of nitrogens with two attached hydrogens (primary N) is 1. The molecule has 0 aromatic heterocycles. The van der Waals surface area contributed by atoms with E-state index in [1.54, 1.807) is 18.3 Å². The third-order valence-electron chi connectivity index (χ3n) is 8.40. The molecule has 2 saturated carbocycles. The Balaban J connectivity index is 0.000000623. The molecule has 2 aliphatic carbocycles. The van der Waals surface area contributed by atoms with Crippen molar-refractivity contribution in [3.63, 3.8) is 0 Å². The predicted molar refractivity (Wildman–Crippen MR) is 193 cm³/mol. The lowest BCUT2D eigenvalue weighted by Crippen LogP contribution is -2.39. The van der Waals surface area contributed by atoms with E-state index in [0.717, 1.165) is 42.2 Å². The van der Waals surface area contributed by atoms with Gasteiger partial charge < -0.3 is 16.2 Å². The predicted octanol–water partition coefficient (Wildman–Crippen LogP) is 9.82. The van der Waals surface area contributed by atoms with Crippen LogP contribution in [0.1, 0.15) is 137 Å². The highest BCUT2D eigenvalue weighted by atomic mass is 16.3. The number of carbonyl (C=O) groups is 1. The summed E-state index contributed by atoms with van der Waals surface area (Å²) in [5, 5.41) is 21.0. The number of rotatable bonds is 13. The van der Waals surface area contributed by atoms with Gasteiger partial charge in [0.2, 0.25) is 6.41 Å². The molecule has 0 bridgehead atoms. The molecule has 6 nitrogen and oxygen atoms in total. The highest BCUT2D eigenvalue weighted by molar-refractivity contribution is 5.77. The Morgan fingerprint density at radius 3 is 2.22 bits per heavy atom. The minimum atomic E-state index is 0.181. The van der Waals surface area contributed by atoms with Gasteiger partial charge in [-0.1, -0.05) is 77.7 Å². The molecule has 1 aromatic carbocycles. The van der Waals surface area contributed by atoms with E-state index in [1.165, 1.54) is 55.7 Å². The average Bonchev–Trinajstić information content (AvgIpc) is 3.81. The summed E-state index contributed by atoms with van der Waals surface area (Å²) in [7, 11) is 0. The number of nitrogens with one attached hydrogen (secondary N) is 1. The number of nitrogens with zero attached hydrogens (tertiary/aromatic N) is 2. The van der Waals surface area contributed by atoms with Crippen LogP contribution in [0.5, 0.6) is 5.75 Å². The van der Waals surface area contributed by atoms with Gasteiger partial charge in [-0.25, -0.2) is 0 Å². The molecular weight excluding hydrogens is 556 g/mol. The quantitative estimate of drug-likeness (QED) is 0.0884. The highest BCUT2D eigenvalue weighted by Gasteiger charge is 2.38. The van der Waals surface area contributed by atoms with Gasteiger partial charge in [-0.05, 0) is 118 Å². The number of phenolic OH excluding ortho intramolecular Hbond substituents is 1. The second-order valence-corrected chi connectivity index (χ2v) is 12.2. The Morgan fingerprint density at radius 1 is 1.18 bits per heavy atom. The molecule has 4 N–H and O–H groups in total. The van der Waals surface area contributed by atoms with E-state index < -0.39 is 0 Å². The van der Waals surface area contributed by atoms with Crippen molar-refractivity contribution in [2.75, 3.05) is 0 Å². The zero-order chi connectivity index (χ0) is 34.3. The summed E-state index contributed by atoms with van der Waals surface area (Å²) in [6.45, 7) is 20.9. The molecule has 1 aromatic rings. The van der Waals surface area contributed by atoms with Gasteiger partial charge in [0, 0.05) is 12.3 Å². The summed E-state index contributed by atoms with van der Waals surface area (Å²) in [5.74, 6) is 0.444. The maximum Gasteiger partial charge on any atom is 0.207 e. The largest absolute Gasteiger partial charge is 0.508 e. The van der Waals surface area contributed by atoms with Crippen molar-refractivity contribution in [3.8, 4) is 11.8 Å². The number of hydrogen-bond acceptors (Lipinski definition) is 5. The monoisotopic (exact) mass is 618 g/mol. The van der Waals surface area contributed by atoms with E-state index in [9.17, 15) is 9.90 Å². The molecule has 6 heteroatoms. The molecule has 2 aliphatic rings. The maximum atomic E-state index is 10.2. The highest BCUT2D eigenvalue weighted by Crippen LogP contribution is 2.51. The average molecular weight is 619 g/mol. The van der Waals surface area contributed by atoms with E-state index in [-0.39, 0.29) is 23.8 Å². The SMILES string of the molecule is C=C(C)CCC.CC/C=C/C(=C\CC)C(C)N=C/C(C)=C\N.CCC1(CC)CC1.N#Cc1ccc(O)cc1C1CC(NC=O)C1. The first-order chi connectivity index (χ1) is 21.5. The lowest BCUT2D eigenvalue weighted by atomic mass is 9.74. The minimum absolute atomic E-state index is 0.181. The van der Waals surface area contributed by atoms with Gasteiger partial charge >= 0.3 is 0 Å². The Hall–Kier alpha value is -3.59. The number of amides is 1. The molecule has 0 aliphatic heterocycles. The van der Waals surface area contributed by atoms with Crippen LogP contribution >= 0.6 is 0 Å². The molecule has 0 heterocycles. The molecule has 3 rings (SSSR count). The van der Waals surface area contributed by atoms with Crippen LogP contribution in [-0.4, -0.2) is 29.8 Å². The van der Waals surface area contributed by atoms with Crippen molar-refractivity contribution in [1.29, 1.82) is 5.26 Å². The first kappa shape index (κ1) is 41.4. The smallest absolute Gasteiger partial charge is 0.207 e. The second-order valence-electron chi connectivity index (χ2n) is 12.2. The number of aliphatic imine (C=N–C) groups is 1. The van der Waals surface area contributed by atoms with E-state index in [1.807, 2.05) is 13.1 Å². The van der Waals surface area contributed by atoms with E-state index in [2.05, 4.69) is 89.7 Å². The molecule has 2 fully saturated rings. The summed E-state index contributed by atoms with van der Waals surface area (Å²) in [5.41, 5.74) is 11.3. The topological polar surface area (TPSA) is 112 Å². The minimum Gasteiger partial charge on any atom is -0.508 e. The number of carbonyl (C=O) groups excluding carboxylic acids is 1. The van der Waals surface area contributed by atoms with E-state index >= 15 is 0 Å². The Morgan fingerprint density at radius 2 is 1.82 bits per heavy atom. The lowest BCUT2D eigenvalue weighted by molar-refractivity contribution is -0.110. The van der Waals surface area contributed by atoms with Crippen molar-refractivity contribution < 1.29 is 9.90 Å². The number of nitriles is 1. The fourth-order valence-corrected chi connectivity index (χ4v) is 4.88. The standard InChI is InChI=1S/C14H24N2.C12H12N2O2.C7H14.C6H12/c1-5-7-9-14(8-6-2)13(4)16-11-12(3)10-15;13-6-8-1-2-11(16)5-12(8)9-3-10(4-9)14-7-15;1-3-7(4-2)5-6-7;1-4-5-6(2)3/h7-11,13H,5-6,15H2,1-4H3;1-2,5,7,9-10,16H,3-4H2,(H,14,15);3-6H2,1-2H3;2,4-5H2,1,3H3/b9-7+,12-10-,14-8+,16-11?;;;. The van der Waals surface area contributed by atoms with E-state index in [0.29, 0.717) is 12.0 Å². The van der Waals surface area contributed by atoms with Crippen molar-refractivity contribution in [2.24, 2.45) is 16.1 Å². The van der Waals surface area contributed by atoms with Crippen LogP contribution in [0.15, 0.2) is 70.9 Å². The van der Waals surface area contributed by atoms with Crippen LogP contribution < -0.4 is 11.1 Å². The van der Waals surface area contributed by atoms with Gasteiger partial charge in [0.1, 0.15) is 5.75 Å². The number of allylic oxidation sites excluding steroid dienone is 4. The molecule has 1 atom stereocenters. The first-order valence-corrected chi connectivity index (χ1v) is 16.8. The van der Waals surface area contributed by atoms with Crippen molar-refractivity contribution in [2.45, 2.75) is 138 Å². The summed E-state index contributed by atoms with van der Waals surface area (Å²) in [4.78, 5) is 14.7. The van der Waals surface area contributed by atoms with Crippen molar-refractivity contribution >= 4 is 12.6 Å². The number of aromatic hydroxyl groups is 1. The van der Waals surface area contributed by atoms with Crippen LogP contribution in [-0.2, 0) is 4.79 Å². The summed E-state index contributed by atoms with van der Waals surface area (Å²) in [6.07, 6.45) is 22.6. The van der Waals surface area contributed by atoms with Crippen LogP contribution in [0, 0.1) is 16.7 Å². The Labute approximate surface area is 275 Å². The first-order valence-electron chi connectivity index (χ1n) is 16.8. The molecule has 0 radical (unpaired) electrons. The van der Waals surface area contributed by atoms with Crippen molar-refractivity contribution in [1.82, 2.24) is 5.32 Å². The Bertz CT molecular complexity index is 1160.